The van der Waals surface area contributed by atoms with Crippen LogP contribution < -0.4 is 4.74 Å². The highest BCUT2D eigenvalue weighted by atomic mass is 16.5. The van der Waals surface area contributed by atoms with Crippen LogP contribution in [0.5, 0.6) is 5.75 Å². The molecule has 1 amide bonds. The number of hydrogen-bond acceptors (Lipinski definition) is 3. The molecule has 2 aromatic rings. The Morgan fingerprint density at radius 2 is 2.15 bits per heavy atom. The van der Waals surface area contributed by atoms with Gasteiger partial charge in [-0.1, -0.05) is 12.1 Å². The molecule has 1 saturated heterocycles. The Kier molecular flexibility index (Phi) is 4.70. The summed E-state index contributed by atoms with van der Waals surface area (Å²) in [5, 5.41) is 0. The van der Waals surface area contributed by atoms with Crippen LogP contribution in [-0.4, -0.2) is 40.6 Å². The van der Waals surface area contributed by atoms with Gasteiger partial charge in [0, 0.05) is 37.4 Å². The van der Waals surface area contributed by atoms with Crippen LogP contribution in [0.4, 0.5) is 0 Å². The number of amides is 1. The van der Waals surface area contributed by atoms with E-state index in [1.54, 1.807) is 7.11 Å². The van der Waals surface area contributed by atoms with E-state index in [-0.39, 0.29) is 5.91 Å². The van der Waals surface area contributed by atoms with Crippen molar-refractivity contribution in [1.29, 1.82) is 0 Å². The summed E-state index contributed by atoms with van der Waals surface area (Å²) in [6.45, 7) is 3.85. The Balaban J connectivity index is 1.35. The molecule has 1 aromatic heterocycles. The van der Waals surface area contributed by atoms with Crippen LogP contribution in [0.2, 0.25) is 0 Å². The van der Waals surface area contributed by atoms with Gasteiger partial charge in [0.2, 0.25) is 5.91 Å². The van der Waals surface area contributed by atoms with Crippen LogP contribution in [0.3, 0.4) is 0 Å². The molecule has 1 atom stereocenters. The van der Waals surface area contributed by atoms with E-state index >= 15 is 0 Å². The van der Waals surface area contributed by atoms with Crippen molar-refractivity contribution in [3.05, 3.63) is 47.5 Å². The first-order chi connectivity index (χ1) is 12.6. The minimum atomic E-state index is 0.211. The van der Waals surface area contributed by atoms with Gasteiger partial charge in [-0.25, -0.2) is 4.98 Å². The molecule has 138 valence electrons. The van der Waals surface area contributed by atoms with Crippen molar-refractivity contribution < 1.29 is 9.53 Å². The number of imidazole rings is 1. The lowest BCUT2D eigenvalue weighted by Gasteiger charge is -2.17. The molecule has 0 N–H and O–H groups in total. The van der Waals surface area contributed by atoms with Gasteiger partial charge in [-0.05, 0) is 49.8 Å². The second-order valence-corrected chi connectivity index (χ2v) is 7.64. The number of carbonyl (C=O) groups is 1. The van der Waals surface area contributed by atoms with E-state index in [4.69, 9.17) is 4.74 Å². The first-order valence-electron chi connectivity index (χ1n) is 9.57. The topological polar surface area (TPSA) is 47.4 Å². The van der Waals surface area contributed by atoms with Crippen LogP contribution in [0.15, 0.2) is 30.5 Å². The molecule has 0 bridgehead atoms. The lowest BCUT2D eigenvalue weighted by atomic mass is 10.0. The number of benzene rings is 1. The molecule has 0 radical (unpaired) electrons. The van der Waals surface area contributed by atoms with Gasteiger partial charge < -0.3 is 14.2 Å². The van der Waals surface area contributed by atoms with E-state index in [1.807, 2.05) is 35.4 Å². The van der Waals surface area contributed by atoms with E-state index in [0.717, 1.165) is 37.2 Å². The van der Waals surface area contributed by atoms with Crippen LogP contribution >= 0.6 is 0 Å². The highest BCUT2D eigenvalue weighted by Crippen LogP contribution is 2.37. The van der Waals surface area contributed by atoms with Gasteiger partial charge in [0.25, 0.3) is 0 Å². The van der Waals surface area contributed by atoms with E-state index < -0.39 is 0 Å². The minimum Gasteiger partial charge on any atom is -0.497 e. The van der Waals surface area contributed by atoms with Crippen molar-refractivity contribution in [2.24, 2.45) is 5.92 Å². The summed E-state index contributed by atoms with van der Waals surface area (Å²) >= 11 is 0. The summed E-state index contributed by atoms with van der Waals surface area (Å²) < 4.78 is 7.67. The van der Waals surface area contributed by atoms with Gasteiger partial charge in [-0.3, -0.25) is 4.79 Å². The zero-order valence-electron chi connectivity index (χ0n) is 15.6. The van der Waals surface area contributed by atoms with Crippen molar-refractivity contribution in [2.45, 2.75) is 45.1 Å². The number of ether oxygens (including phenoxy) is 1. The number of carbonyl (C=O) groups excluding carboxylic acids is 1. The second kappa shape index (κ2) is 7.14. The summed E-state index contributed by atoms with van der Waals surface area (Å²) in [7, 11) is 1.65. The highest BCUT2D eigenvalue weighted by Gasteiger charge is 2.31. The molecule has 2 aliphatic rings. The van der Waals surface area contributed by atoms with E-state index in [1.165, 1.54) is 24.4 Å². The molecular formula is C21H27N3O2. The van der Waals surface area contributed by atoms with Crippen molar-refractivity contribution in [1.82, 2.24) is 14.5 Å². The van der Waals surface area contributed by atoms with Crippen LogP contribution in [0.25, 0.3) is 0 Å². The van der Waals surface area contributed by atoms with Crippen molar-refractivity contribution in [3.8, 4) is 5.75 Å². The molecule has 1 aromatic carbocycles. The van der Waals surface area contributed by atoms with Gasteiger partial charge in [0.1, 0.15) is 11.6 Å². The van der Waals surface area contributed by atoms with Gasteiger partial charge in [0.15, 0.2) is 0 Å². The Bertz CT molecular complexity index is 794. The molecule has 5 nitrogen and oxygen atoms in total. The molecule has 2 fully saturated rings. The number of nitrogens with zero attached hydrogens (tertiary/aromatic N) is 3. The van der Waals surface area contributed by atoms with Gasteiger partial charge in [-0.2, -0.15) is 0 Å². The van der Waals surface area contributed by atoms with Crippen molar-refractivity contribution in [3.63, 3.8) is 0 Å². The van der Waals surface area contributed by atoms with Crippen LogP contribution in [0.1, 0.15) is 42.4 Å². The van der Waals surface area contributed by atoms with Crippen molar-refractivity contribution >= 4 is 5.91 Å². The summed E-state index contributed by atoms with van der Waals surface area (Å²) in [5.74, 6) is 2.74. The lowest BCUT2D eigenvalue weighted by molar-refractivity contribution is -0.129. The third kappa shape index (κ3) is 3.62. The number of aromatic nitrogens is 2. The Hall–Kier alpha value is -2.30. The lowest BCUT2D eigenvalue weighted by Crippen LogP contribution is -2.30. The first-order valence-corrected chi connectivity index (χ1v) is 9.57. The Morgan fingerprint density at radius 1 is 1.31 bits per heavy atom. The molecule has 1 aliphatic carbocycles. The molecule has 5 heteroatoms. The molecule has 26 heavy (non-hydrogen) atoms. The molecule has 1 aliphatic heterocycles. The number of aryl methyl sites for hydroxylation is 1. The summed E-state index contributed by atoms with van der Waals surface area (Å²) in [6.07, 6.45) is 7.04. The molecule has 2 heterocycles. The van der Waals surface area contributed by atoms with Gasteiger partial charge in [-0.15, -0.1) is 0 Å². The normalized spacial score (nSPS) is 19.8. The van der Waals surface area contributed by atoms with E-state index in [2.05, 4.69) is 16.5 Å². The van der Waals surface area contributed by atoms with Crippen molar-refractivity contribution in [2.75, 3.05) is 20.2 Å². The average molecular weight is 353 g/mol. The number of likely N-dealkylation sites (tertiary alicyclic amines) is 1. The van der Waals surface area contributed by atoms with Crippen LogP contribution in [0, 0.1) is 12.8 Å². The maximum Gasteiger partial charge on any atom is 0.227 e. The molecule has 4 rings (SSSR count). The fourth-order valence-corrected chi connectivity index (χ4v) is 4.03. The molecule has 1 saturated carbocycles. The maximum atomic E-state index is 12.7. The number of hydrogen-bond donors (Lipinski definition) is 0. The molecule has 1 unspecified atom stereocenters. The number of rotatable bonds is 6. The zero-order chi connectivity index (χ0) is 18.1. The summed E-state index contributed by atoms with van der Waals surface area (Å²) in [5.41, 5.74) is 2.28. The first kappa shape index (κ1) is 17.1. The van der Waals surface area contributed by atoms with E-state index in [9.17, 15) is 4.79 Å². The fraction of sp³-hybridized carbons (Fsp3) is 0.524. The molecule has 0 spiro atoms. The van der Waals surface area contributed by atoms with Crippen LogP contribution in [-0.2, 0) is 17.6 Å². The quantitative estimate of drug-likeness (QED) is 0.801. The third-order valence-corrected chi connectivity index (χ3v) is 5.57. The smallest absolute Gasteiger partial charge is 0.227 e. The SMILES string of the molecule is COc1cccc(CC(=O)N2CCC(Cc3ncc(C)n3C3CC3)C2)c1. The Labute approximate surface area is 155 Å². The summed E-state index contributed by atoms with van der Waals surface area (Å²) in [6, 6.07) is 8.45. The second-order valence-electron chi connectivity index (χ2n) is 7.64. The predicted octanol–water partition coefficient (Wildman–Crippen LogP) is 3.17. The molecular weight excluding hydrogens is 326 g/mol. The van der Waals surface area contributed by atoms with E-state index in [0.29, 0.717) is 18.4 Å². The monoisotopic (exact) mass is 353 g/mol. The average Bonchev–Trinajstić information content (AvgIpc) is 3.25. The summed E-state index contributed by atoms with van der Waals surface area (Å²) in [4.78, 5) is 19.3. The predicted molar refractivity (Wildman–Crippen MR) is 100 cm³/mol. The minimum absolute atomic E-state index is 0.211. The zero-order valence-corrected chi connectivity index (χ0v) is 15.6. The van der Waals surface area contributed by atoms with Gasteiger partial charge >= 0.3 is 0 Å². The maximum absolute atomic E-state index is 12.7. The van der Waals surface area contributed by atoms with Gasteiger partial charge in [0.05, 0.1) is 13.5 Å². The number of methoxy groups -OCH3 is 1. The Morgan fingerprint density at radius 3 is 2.92 bits per heavy atom. The standard InChI is InChI=1S/C21H27N3O2/c1-15-13-22-20(24(15)18-6-7-18)11-17-8-9-23(14-17)21(25)12-16-4-3-5-19(10-16)26-2/h3-5,10,13,17-18H,6-9,11-12,14H2,1-2H3. The highest BCUT2D eigenvalue weighted by molar-refractivity contribution is 5.79. The fourth-order valence-electron chi connectivity index (χ4n) is 4.03. The third-order valence-electron chi connectivity index (χ3n) is 5.57. The largest absolute Gasteiger partial charge is 0.497 e.